The van der Waals surface area contributed by atoms with Crippen LogP contribution in [0.1, 0.15) is 66.1 Å². The van der Waals surface area contributed by atoms with E-state index >= 15 is 0 Å². The number of carbonyl (C=O) groups excluding carboxylic acids is 2. The average Bonchev–Trinajstić information content (AvgIpc) is 3.74. The molecule has 1 saturated carbocycles. The second-order valence-electron chi connectivity index (χ2n) is 14.5. The smallest absolute Gasteiger partial charge is 0.306 e. The number of aliphatic carboxylic acids is 1. The molecule has 4 heterocycles. The Morgan fingerprint density at radius 3 is 2.57 bits per heavy atom. The minimum atomic E-state index is -0.683. The molecule has 1 unspecified atom stereocenters. The number of halogens is 2. The highest BCUT2D eigenvalue weighted by molar-refractivity contribution is 6.39. The topological polar surface area (TPSA) is 151 Å². The monoisotopic (exact) mass is 773 g/mol. The molecule has 14 heteroatoms. The Kier molecular flexibility index (Phi) is 11.5. The number of ether oxygens (including phenoxy) is 1. The third kappa shape index (κ3) is 8.12. The maximum atomic E-state index is 13.7. The van der Waals surface area contributed by atoms with Gasteiger partial charge in [0.1, 0.15) is 5.75 Å². The average molecular weight is 775 g/mol. The van der Waals surface area contributed by atoms with Crippen LogP contribution in [-0.2, 0) is 36.1 Å². The molecular weight excluding hydrogens is 729 g/mol. The number of aromatic nitrogens is 3. The SMILES string of the molecule is COc1cc(-c2nccc(-c3cccc(NC(=O)c4nc5c(n4C)CN(CC4CCC(C(=O)O)CC4)CC5)c3Cl)c2Cl)ccc1CNCC1CCC(=O)N1. The summed E-state index contributed by atoms with van der Waals surface area (Å²) < 4.78 is 7.59. The van der Waals surface area contributed by atoms with Crippen molar-refractivity contribution in [2.45, 2.75) is 64.1 Å². The number of fused-ring (bicyclic) bond motifs is 1. The summed E-state index contributed by atoms with van der Waals surface area (Å²) in [6, 6.07) is 13.2. The molecule has 54 heavy (non-hydrogen) atoms. The number of rotatable bonds is 12. The molecule has 12 nitrogen and oxygen atoms in total. The summed E-state index contributed by atoms with van der Waals surface area (Å²) in [7, 11) is 3.49. The Hall–Kier alpha value is -4.49. The van der Waals surface area contributed by atoms with Crippen LogP contribution in [0.3, 0.4) is 0 Å². The zero-order valence-corrected chi connectivity index (χ0v) is 32.0. The summed E-state index contributed by atoms with van der Waals surface area (Å²) in [5, 5.41) is 19.5. The molecule has 4 N–H and O–H groups in total. The second kappa shape index (κ2) is 16.5. The number of anilines is 1. The van der Waals surface area contributed by atoms with Gasteiger partial charge in [-0.05, 0) is 56.2 Å². The van der Waals surface area contributed by atoms with Crippen molar-refractivity contribution in [1.82, 2.24) is 30.1 Å². The number of hydrogen-bond donors (Lipinski definition) is 4. The van der Waals surface area contributed by atoms with Crippen molar-refractivity contribution in [3.63, 3.8) is 0 Å². The Balaban J connectivity index is 1.03. The van der Waals surface area contributed by atoms with Crippen LogP contribution in [0.2, 0.25) is 10.0 Å². The van der Waals surface area contributed by atoms with Crippen LogP contribution in [0.5, 0.6) is 5.75 Å². The Labute approximate surface area is 324 Å². The van der Waals surface area contributed by atoms with E-state index < -0.39 is 5.97 Å². The van der Waals surface area contributed by atoms with Gasteiger partial charge in [-0.15, -0.1) is 0 Å². The van der Waals surface area contributed by atoms with E-state index in [1.807, 2.05) is 41.9 Å². The molecule has 0 bridgehead atoms. The normalized spacial score (nSPS) is 20.0. The van der Waals surface area contributed by atoms with Gasteiger partial charge in [0.05, 0.1) is 45.8 Å². The van der Waals surface area contributed by atoms with Gasteiger partial charge in [-0.3, -0.25) is 24.3 Å². The van der Waals surface area contributed by atoms with Crippen LogP contribution in [-0.4, -0.2) is 75.1 Å². The van der Waals surface area contributed by atoms with E-state index in [0.29, 0.717) is 76.1 Å². The summed E-state index contributed by atoms with van der Waals surface area (Å²) in [6.45, 7) is 3.71. The standard InChI is InChI=1S/C40H45Cl2N7O5/c1-48-32-22-49(21-23-6-8-24(9-7-23)40(52)53)17-15-30(32)46-38(48)39(51)47-31-5-3-4-28(35(31)41)29-14-16-44-37(36(29)42)25-10-11-26(33(18-25)54-2)19-43-20-27-12-13-34(50)45-27/h3-5,10-11,14,16,18,23-24,27,43H,6-9,12-13,15,17,19-22H2,1-2H3,(H,45,50)(H,47,51)(H,52,53). The first-order valence-corrected chi connectivity index (χ1v) is 19.3. The molecule has 2 aromatic carbocycles. The molecule has 3 aliphatic rings. The third-order valence-corrected chi connectivity index (χ3v) is 11.8. The first-order valence-electron chi connectivity index (χ1n) is 18.5. The van der Waals surface area contributed by atoms with Gasteiger partial charge in [-0.2, -0.15) is 0 Å². The lowest BCUT2D eigenvalue weighted by atomic mass is 9.81. The zero-order valence-electron chi connectivity index (χ0n) is 30.5. The first kappa shape index (κ1) is 37.8. The number of carboxylic acid groups (broad SMARTS) is 1. The van der Waals surface area contributed by atoms with Gasteiger partial charge in [-0.25, -0.2) is 4.98 Å². The van der Waals surface area contributed by atoms with Gasteiger partial charge < -0.3 is 30.4 Å². The molecule has 4 aromatic rings. The number of nitrogens with zero attached hydrogens (tertiary/aromatic N) is 4. The minimum absolute atomic E-state index is 0.0929. The molecule has 2 aliphatic heterocycles. The van der Waals surface area contributed by atoms with Crippen molar-refractivity contribution in [1.29, 1.82) is 0 Å². The van der Waals surface area contributed by atoms with E-state index in [2.05, 4.69) is 25.8 Å². The minimum Gasteiger partial charge on any atom is -0.496 e. The largest absolute Gasteiger partial charge is 0.496 e. The number of carbonyl (C=O) groups is 3. The molecule has 7 rings (SSSR count). The zero-order chi connectivity index (χ0) is 37.9. The third-order valence-electron chi connectivity index (χ3n) is 11.0. The highest BCUT2D eigenvalue weighted by atomic mass is 35.5. The number of pyridine rings is 1. The van der Waals surface area contributed by atoms with E-state index in [-0.39, 0.29) is 23.8 Å². The van der Waals surface area contributed by atoms with Gasteiger partial charge >= 0.3 is 5.97 Å². The van der Waals surface area contributed by atoms with Crippen molar-refractivity contribution in [2.24, 2.45) is 18.9 Å². The molecule has 2 aromatic heterocycles. The second-order valence-corrected chi connectivity index (χ2v) is 15.3. The first-order chi connectivity index (χ1) is 26.1. The Bertz CT molecular complexity index is 2060. The molecule has 0 spiro atoms. The van der Waals surface area contributed by atoms with E-state index in [4.69, 9.17) is 32.9 Å². The van der Waals surface area contributed by atoms with Crippen LogP contribution in [0.15, 0.2) is 48.7 Å². The van der Waals surface area contributed by atoms with Crippen LogP contribution < -0.4 is 20.7 Å². The molecule has 1 saturated heterocycles. The van der Waals surface area contributed by atoms with Crippen molar-refractivity contribution >= 4 is 46.7 Å². The van der Waals surface area contributed by atoms with Crippen molar-refractivity contribution in [3.05, 3.63) is 81.5 Å². The number of amides is 2. The number of methoxy groups -OCH3 is 1. The summed E-state index contributed by atoms with van der Waals surface area (Å²) in [5.41, 5.74) is 5.97. The molecule has 2 fully saturated rings. The summed E-state index contributed by atoms with van der Waals surface area (Å²) in [4.78, 5) is 48.3. The molecule has 1 atom stereocenters. The van der Waals surface area contributed by atoms with E-state index in [0.717, 1.165) is 74.1 Å². The number of carboxylic acids is 1. The van der Waals surface area contributed by atoms with E-state index in [1.165, 1.54) is 0 Å². The molecule has 2 amide bonds. The van der Waals surface area contributed by atoms with Crippen molar-refractivity contribution in [2.75, 3.05) is 32.1 Å². The number of hydrogen-bond acceptors (Lipinski definition) is 8. The van der Waals surface area contributed by atoms with E-state index in [9.17, 15) is 19.5 Å². The Morgan fingerprint density at radius 1 is 1.04 bits per heavy atom. The quantitative estimate of drug-likeness (QED) is 0.129. The van der Waals surface area contributed by atoms with Gasteiger partial charge in [0.15, 0.2) is 5.82 Å². The fraction of sp³-hybridized carbons (Fsp3) is 0.425. The molecule has 1 aliphatic carbocycles. The fourth-order valence-electron chi connectivity index (χ4n) is 7.97. The van der Waals surface area contributed by atoms with Crippen LogP contribution in [0.4, 0.5) is 5.69 Å². The summed E-state index contributed by atoms with van der Waals surface area (Å²) in [6.07, 6.45) is 7.14. The number of benzene rings is 2. The summed E-state index contributed by atoms with van der Waals surface area (Å²) >= 11 is 14.0. The highest BCUT2D eigenvalue weighted by Crippen LogP contribution is 2.41. The molecule has 284 valence electrons. The number of imidazole rings is 1. The van der Waals surface area contributed by atoms with Gasteiger partial charge in [0, 0.05) is 87.1 Å². The molecular formula is C40H45Cl2N7O5. The van der Waals surface area contributed by atoms with Gasteiger partial charge in [0.25, 0.3) is 5.91 Å². The van der Waals surface area contributed by atoms with Crippen LogP contribution in [0.25, 0.3) is 22.4 Å². The highest BCUT2D eigenvalue weighted by Gasteiger charge is 2.30. The predicted octanol–water partition coefficient (Wildman–Crippen LogP) is 6.33. The maximum Gasteiger partial charge on any atom is 0.306 e. The lowest BCUT2D eigenvalue weighted by molar-refractivity contribution is -0.143. The van der Waals surface area contributed by atoms with Crippen molar-refractivity contribution < 1.29 is 24.2 Å². The van der Waals surface area contributed by atoms with E-state index in [1.54, 1.807) is 25.4 Å². The molecule has 0 radical (unpaired) electrons. The summed E-state index contributed by atoms with van der Waals surface area (Å²) in [5.74, 6) is 0.307. The van der Waals surface area contributed by atoms with Crippen LogP contribution >= 0.6 is 23.2 Å². The van der Waals surface area contributed by atoms with Gasteiger partial charge in [0.2, 0.25) is 5.91 Å². The number of nitrogens with one attached hydrogen (secondary N) is 3. The van der Waals surface area contributed by atoms with Crippen LogP contribution in [0, 0.1) is 11.8 Å². The Morgan fingerprint density at radius 2 is 1.83 bits per heavy atom. The van der Waals surface area contributed by atoms with Crippen molar-refractivity contribution in [3.8, 4) is 28.1 Å². The predicted molar refractivity (Wildman–Crippen MR) is 208 cm³/mol. The lowest BCUT2D eigenvalue weighted by Gasteiger charge is -2.33. The lowest BCUT2D eigenvalue weighted by Crippen LogP contribution is -2.37. The fourth-order valence-corrected chi connectivity index (χ4v) is 8.57. The maximum absolute atomic E-state index is 13.7. The van der Waals surface area contributed by atoms with Gasteiger partial charge in [-0.1, -0.05) is 47.5 Å².